The van der Waals surface area contributed by atoms with Gasteiger partial charge in [0.25, 0.3) is 0 Å². The number of nitrogens with zero attached hydrogens (tertiary/aromatic N) is 2. The summed E-state index contributed by atoms with van der Waals surface area (Å²) < 4.78 is 5.87. The lowest BCUT2D eigenvalue weighted by molar-refractivity contribution is -0.149. The number of nitrogens with two attached hydrogens (primary N) is 1. The number of carbonyl (C=O) groups is 2. The highest BCUT2D eigenvalue weighted by atomic mass is 16.5. The van der Waals surface area contributed by atoms with Crippen LogP contribution in [0.25, 0.3) is 0 Å². The Labute approximate surface area is 235 Å². The minimum atomic E-state index is -0.414. The van der Waals surface area contributed by atoms with E-state index in [9.17, 15) is 9.59 Å². The van der Waals surface area contributed by atoms with Crippen LogP contribution in [0, 0.1) is 11.8 Å². The molecule has 1 amide bonds. The summed E-state index contributed by atoms with van der Waals surface area (Å²) in [5.41, 5.74) is 6.33. The van der Waals surface area contributed by atoms with Crippen molar-refractivity contribution in [1.82, 2.24) is 15.1 Å². The molecule has 2 saturated carbocycles. The third kappa shape index (κ3) is 6.11. The van der Waals surface area contributed by atoms with E-state index in [1.54, 1.807) is 0 Å². The summed E-state index contributed by atoms with van der Waals surface area (Å²) in [5.74, 6) is 0.943. The summed E-state index contributed by atoms with van der Waals surface area (Å²) in [4.78, 5) is 31.0. The van der Waals surface area contributed by atoms with E-state index in [0.29, 0.717) is 18.5 Å². The summed E-state index contributed by atoms with van der Waals surface area (Å²) in [6.07, 6.45) is 25.3. The molecule has 6 rings (SSSR count). The Hall–Kier alpha value is -1.44. The van der Waals surface area contributed by atoms with Gasteiger partial charge in [0.1, 0.15) is 6.10 Å². The highest BCUT2D eigenvalue weighted by Crippen LogP contribution is 2.45. The van der Waals surface area contributed by atoms with Crippen LogP contribution in [0.5, 0.6) is 0 Å². The molecule has 5 atom stereocenters. The first-order chi connectivity index (χ1) is 18.9. The number of piperidine rings is 2. The molecule has 0 aromatic carbocycles. The van der Waals surface area contributed by atoms with Crippen molar-refractivity contribution in [3.8, 4) is 0 Å². The summed E-state index contributed by atoms with van der Waals surface area (Å²) in [6.45, 7) is 2.21. The second kappa shape index (κ2) is 11.8. The lowest BCUT2D eigenvalue weighted by Gasteiger charge is -2.47. The standard InChI is InChI=1S/C32H52N4O3/c33-31-18-15-27(35(31)22-24-8-3-1-4-9-24)20-28(21-31)39-30(38)14-13-29(37)34-32-17-7-12-26(16-19-32)36(32)23-25-10-5-2-6-11-25/h13-14,24-28H,1-12,15-23,33H2,(H,34,37)/b14-13+. The number of hydrogen-bond acceptors (Lipinski definition) is 6. The number of rotatable bonds is 8. The third-order valence-electron chi connectivity index (χ3n) is 11.4. The minimum absolute atomic E-state index is 0.163. The molecule has 6 aliphatic rings. The Morgan fingerprint density at radius 1 is 0.769 bits per heavy atom. The highest BCUT2D eigenvalue weighted by Gasteiger charge is 2.51. The molecule has 0 spiro atoms. The zero-order valence-corrected chi connectivity index (χ0v) is 24.1. The van der Waals surface area contributed by atoms with Crippen LogP contribution in [-0.2, 0) is 14.3 Å². The second-order valence-electron chi connectivity index (χ2n) is 14.0. The summed E-state index contributed by atoms with van der Waals surface area (Å²) in [7, 11) is 0. The van der Waals surface area contributed by atoms with E-state index in [4.69, 9.17) is 10.5 Å². The Kier molecular flexibility index (Phi) is 8.39. The zero-order chi connectivity index (χ0) is 26.9. The SMILES string of the molecule is NC12CCC(CC(OC(=O)/C=C/C(=O)NC34CCCC(CC3)N4CC3CCCCC3)C1)N2CC1CCCCC1. The van der Waals surface area contributed by atoms with Crippen LogP contribution < -0.4 is 11.1 Å². The number of carbonyl (C=O) groups excluding carboxylic acids is 2. The lowest BCUT2D eigenvalue weighted by Crippen LogP contribution is -2.61. The second-order valence-corrected chi connectivity index (χ2v) is 14.0. The molecule has 0 aromatic heterocycles. The number of nitrogens with one attached hydrogen (secondary N) is 1. The molecule has 7 nitrogen and oxygen atoms in total. The van der Waals surface area contributed by atoms with Gasteiger partial charge in [-0.3, -0.25) is 14.6 Å². The molecule has 4 saturated heterocycles. The van der Waals surface area contributed by atoms with Crippen molar-refractivity contribution in [3.05, 3.63) is 12.2 Å². The van der Waals surface area contributed by atoms with E-state index < -0.39 is 5.97 Å². The molecule has 3 N–H and O–H groups in total. The molecule has 5 unspecified atom stereocenters. The smallest absolute Gasteiger partial charge is 0.331 e. The van der Waals surface area contributed by atoms with Crippen molar-refractivity contribution in [2.45, 2.75) is 152 Å². The topological polar surface area (TPSA) is 87.9 Å². The zero-order valence-electron chi connectivity index (χ0n) is 24.1. The fourth-order valence-corrected chi connectivity index (χ4v) is 9.43. The molecule has 4 heterocycles. The molecule has 6 fully saturated rings. The van der Waals surface area contributed by atoms with Gasteiger partial charge >= 0.3 is 5.97 Å². The quantitative estimate of drug-likeness (QED) is 0.333. The van der Waals surface area contributed by atoms with Crippen molar-refractivity contribution >= 4 is 11.9 Å². The van der Waals surface area contributed by atoms with E-state index in [1.165, 1.54) is 95.6 Å². The van der Waals surface area contributed by atoms with Crippen molar-refractivity contribution < 1.29 is 14.3 Å². The van der Waals surface area contributed by atoms with Crippen LogP contribution >= 0.6 is 0 Å². The van der Waals surface area contributed by atoms with Gasteiger partial charge < -0.3 is 15.8 Å². The maximum Gasteiger partial charge on any atom is 0.331 e. The first kappa shape index (κ1) is 27.7. The summed E-state index contributed by atoms with van der Waals surface area (Å²) in [6, 6.07) is 1.00. The Bertz CT molecular complexity index is 909. The molecule has 2 aliphatic carbocycles. The van der Waals surface area contributed by atoms with Crippen molar-refractivity contribution in [2.75, 3.05) is 13.1 Å². The van der Waals surface area contributed by atoms with Crippen LogP contribution in [0.3, 0.4) is 0 Å². The third-order valence-corrected chi connectivity index (χ3v) is 11.4. The predicted molar refractivity (Wildman–Crippen MR) is 153 cm³/mol. The molecular weight excluding hydrogens is 488 g/mol. The molecular formula is C32H52N4O3. The van der Waals surface area contributed by atoms with Gasteiger partial charge in [0.15, 0.2) is 0 Å². The van der Waals surface area contributed by atoms with Gasteiger partial charge in [0, 0.05) is 50.2 Å². The number of ether oxygens (including phenoxy) is 1. The molecule has 4 aliphatic heterocycles. The molecule has 0 aromatic rings. The van der Waals surface area contributed by atoms with Crippen LogP contribution in [0.15, 0.2) is 12.2 Å². The van der Waals surface area contributed by atoms with Gasteiger partial charge in [-0.05, 0) is 82.5 Å². The van der Waals surface area contributed by atoms with Gasteiger partial charge in [-0.2, -0.15) is 0 Å². The predicted octanol–water partition coefficient (Wildman–Crippen LogP) is 4.99. The molecule has 7 heteroatoms. The normalized spacial score (nSPS) is 38.3. The van der Waals surface area contributed by atoms with Gasteiger partial charge in [-0.25, -0.2) is 4.79 Å². The van der Waals surface area contributed by atoms with Crippen LogP contribution in [0.4, 0.5) is 0 Å². The monoisotopic (exact) mass is 540 g/mol. The van der Waals surface area contributed by atoms with E-state index in [0.717, 1.165) is 57.0 Å². The van der Waals surface area contributed by atoms with Crippen LogP contribution in [-0.4, -0.2) is 64.3 Å². The Balaban J connectivity index is 1.01. The van der Waals surface area contributed by atoms with Crippen molar-refractivity contribution in [3.63, 3.8) is 0 Å². The fourth-order valence-electron chi connectivity index (χ4n) is 9.43. The molecule has 39 heavy (non-hydrogen) atoms. The van der Waals surface area contributed by atoms with E-state index in [2.05, 4.69) is 15.1 Å². The number of fused-ring (bicyclic) bond motifs is 4. The maximum atomic E-state index is 13.1. The Morgan fingerprint density at radius 2 is 1.44 bits per heavy atom. The first-order valence-corrected chi connectivity index (χ1v) is 16.5. The van der Waals surface area contributed by atoms with Crippen molar-refractivity contribution in [1.29, 1.82) is 0 Å². The maximum absolute atomic E-state index is 13.1. The van der Waals surface area contributed by atoms with Crippen LogP contribution in [0.1, 0.15) is 122 Å². The largest absolute Gasteiger partial charge is 0.459 e. The molecule has 218 valence electrons. The number of esters is 1. The highest BCUT2D eigenvalue weighted by molar-refractivity contribution is 5.95. The van der Waals surface area contributed by atoms with E-state index >= 15 is 0 Å². The Morgan fingerprint density at radius 3 is 2.13 bits per heavy atom. The van der Waals surface area contributed by atoms with Gasteiger partial charge in [0.2, 0.25) is 5.91 Å². The minimum Gasteiger partial charge on any atom is -0.459 e. The van der Waals surface area contributed by atoms with Crippen molar-refractivity contribution in [2.24, 2.45) is 17.6 Å². The van der Waals surface area contributed by atoms with Gasteiger partial charge in [0.05, 0.1) is 11.3 Å². The average Bonchev–Trinajstić information content (AvgIpc) is 3.22. The lowest BCUT2D eigenvalue weighted by atomic mass is 9.86. The van der Waals surface area contributed by atoms with Crippen LogP contribution in [0.2, 0.25) is 0 Å². The number of hydrogen-bond donors (Lipinski definition) is 2. The van der Waals surface area contributed by atoms with E-state index in [1.807, 2.05) is 0 Å². The van der Waals surface area contributed by atoms with Gasteiger partial charge in [-0.15, -0.1) is 0 Å². The van der Waals surface area contributed by atoms with E-state index in [-0.39, 0.29) is 23.3 Å². The molecule has 4 bridgehead atoms. The average molecular weight is 541 g/mol. The number of amides is 1. The molecule has 0 radical (unpaired) electrons. The summed E-state index contributed by atoms with van der Waals surface area (Å²) in [5, 5.41) is 3.36. The summed E-state index contributed by atoms with van der Waals surface area (Å²) >= 11 is 0. The van der Waals surface area contributed by atoms with Gasteiger partial charge in [-0.1, -0.05) is 38.5 Å². The fraction of sp³-hybridized carbons (Fsp3) is 0.875. The first-order valence-electron chi connectivity index (χ1n) is 16.5.